The van der Waals surface area contributed by atoms with Crippen molar-refractivity contribution >= 4 is 11.6 Å². The Bertz CT molecular complexity index is 572. The number of aromatic nitrogens is 3. The maximum absolute atomic E-state index is 6.21. The molecule has 0 amide bonds. The van der Waals surface area contributed by atoms with Gasteiger partial charge in [0.25, 0.3) is 0 Å². The maximum Gasteiger partial charge on any atom is 0.180 e. The smallest absolute Gasteiger partial charge is 0.180 e. The highest BCUT2D eigenvalue weighted by Gasteiger charge is 2.11. The van der Waals surface area contributed by atoms with Crippen molar-refractivity contribution < 1.29 is 9.47 Å². The monoisotopic (exact) mass is 294 g/mol. The molecular formula is C13H15ClN4O2. The first-order chi connectivity index (χ1) is 9.74. The summed E-state index contributed by atoms with van der Waals surface area (Å²) < 4.78 is 12.4. The second kappa shape index (κ2) is 6.81. The molecular weight excluding hydrogens is 280 g/mol. The summed E-state index contributed by atoms with van der Waals surface area (Å²) in [7, 11) is 1.57. The van der Waals surface area contributed by atoms with Crippen molar-refractivity contribution in [3.05, 3.63) is 48.0 Å². The fourth-order valence-electron chi connectivity index (χ4n) is 1.62. The molecule has 0 bridgehead atoms. The molecule has 1 heterocycles. The van der Waals surface area contributed by atoms with Crippen LogP contribution in [0.3, 0.4) is 0 Å². The van der Waals surface area contributed by atoms with Crippen molar-refractivity contribution in [3.63, 3.8) is 0 Å². The zero-order valence-corrected chi connectivity index (χ0v) is 11.8. The van der Waals surface area contributed by atoms with Gasteiger partial charge in [0, 0.05) is 0 Å². The molecule has 0 atom stereocenters. The number of rotatable bonds is 7. The highest BCUT2D eigenvalue weighted by molar-refractivity contribution is 6.32. The summed E-state index contributed by atoms with van der Waals surface area (Å²) in [5, 5.41) is 7.90. The summed E-state index contributed by atoms with van der Waals surface area (Å²) in [6.07, 6.45) is 4.79. The molecule has 0 saturated heterocycles. The number of nitrogens with zero attached hydrogens (tertiary/aromatic N) is 3. The Morgan fingerprint density at radius 2 is 2.15 bits per heavy atom. The Hall–Kier alpha value is -2.21. The van der Waals surface area contributed by atoms with Crippen LogP contribution in [0.2, 0.25) is 5.02 Å². The second-order valence-electron chi connectivity index (χ2n) is 3.91. The maximum atomic E-state index is 6.21. The van der Waals surface area contributed by atoms with Crippen LogP contribution < -0.4 is 14.9 Å². The number of hydrogen-bond acceptors (Lipinski definition) is 5. The fraction of sp³-hybridized carbons (Fsp3) is 0.231. The largest absolute Gasteiger partial charge is 0.493 e. The van der Waals surface area contributed by atoms with Crippen molar-refractivity contribution in [3.8, 4) is 11.5 Å². The van der Waals surface area contributed by atoms with Gasteiger partial charge < -0.3 is 14.9 Å². The Balaban J connectivity index is 2.14. The molecule has 0 aliphatic rings. The van der Waals surface area contributed by atoms with Crippen LogP contribution in [0.15, 0.2) is 37.4 Å². The Kier molecular flexibility index (Phi) is 4.84. The Morgan fingerprint density at radius 3 is 2.80 bits per heavy atom. The van der Waals surface area contributed by atoms with Crippen LogP contribution in [0.5, 0.6) is 11.5 Å². The molecule has 0 fully saturated rings. The van der Waals surface area contributed by atoms with Crippen molar-refractivity contribution in [1.29, 1.82) is 0 Å². The standard InChI is InChI=1S/C13H15ClN4O2/c1-3-4-20-13-11(14)5-10(6-12(13)19-2)7-17-18-8-15-16-9-18/h3,5-6,8-9,17H,1,4,7H2,2H3. The van der Waals surface area contributed by atoms with E-state index in [1.807, 2.05) is 12.1 Å². The van der Waals surface area contributed by atoms with Crippen molar-refractivity contribution in [2.24, 2.45) is 0 Å². The summed E-state index contributed by atoms with van der Waals surface area (Å²) in [6, 6.07) is 3.68. The summed E-state index contributed by atoms with van der Waals surface area (Å²) >= 11 is 6.21. The summed E-state index contributed by atoms with van der Waals surface area (Å²) in [6.45, 7) is 4.52. The van der Waals surface area contributed by atoms with E-state index in [0.717, 1.165) is 5.56 Å². The lowest BCUT2D eigenvalue weighted by Gasteiger charge is -2.14. The second-order valence-corrected chi connectivity index (χ2v) is 4.32. The third kappa shape index (κ3) is 3.42. The third-order valence-electron chi connectivity index (χ3n) is 2.52. The molecule has 1 N–H and O–H groups in total. The molecule has 0 aliphatic carbocycles. The fourth-order valence-corrected chi connectivity index (χ4v) is 1.91. The van der Waals surface area contributed by atoms with Crippen LogP contribution in [-0.4, -0.2) is 28.6 Å². The minimum absolute atomic E-state index is 0.369. The molecule has 1 aromatic carbocycles. The molecule has 6 nitrogen and oxygen atoms in total. The van der Waals surface area contributed by atoms with E-state index in [1.54, 1.807) is 30.5 Å². The number of ether oxygens (including phenoxy) is 2. The van der Waals surface area contributed by atoms with Crippen LogP contribution in [0.4, 0.5) is 0 Å². The first kappa shape index (κ1) is 14.2. The number of methoxy groups -OCH3 is 1. The average molecular weight is 295 g/mol. The predicted molar refractivity (Wildman–Crippen MR) is 76.8 cm³/mol. The molecule has 2 aromatic rings. The van der Waals surface area contributed by atoms with Crippen molar-refractivity contribution in [2.45, 2.75) is 6.54 Å². The third-order valence-corrected chi connectivity index (χ3v) is 2.80. The molecule has 7 heteroatoms. The van der Waals surface area contributed by atoms with Crippen molar-refractivity contribution in [1.82, 2.24) is 14.9 Å². The van der Waals surface area contributed by atoms with E-state index in [2.05, 4.69) is 22.2 Å². The van der Waals surface area contributed by atoms with E-state index in [9.17, 15) is 0 Å². The average Bonchev–Trinajstić information content (AvgIpc) is 2.96. The van der Waals surface area contributed by atoms with E-state index in [0.29, 0.717) is 29.7 Å². The van der Waals surface area contributed by atoms with Gasteiger partial charge in [-0.05, 0) is 17.7 Å². The quantitative estimate of drug-likeness (QED) is 0.794. The molecule has 0 unspecified atom stereocenters. The molecule has 0 saturated carbocycles. The molecule has 0 spiro atoms. The Labute approximate surface area is 122 Å². The topological polar surface area (TPSA) is 61.2 Å². The molecule has 20 heavy (non-hydrogen) atoms. The number of halogens is 1. The minimum Gasteiger partial charge on any atom is -0.493 e. The van der Waals surface area contributed by atoms with Crippen LogP contribution in [0.1, 0.15) is 5.56 Å². The SMILES string of the molecule is C=CCOc1c(Cl)cc(CNn2cnnc2)cc1OC. The number of nitrogens with one attached hydrogen (secondary N) is 1. The highest BCUT2D eigenvalue weighted by Crippen LogP contribution is 2.36. The first-order valence-electron chi connectivity index (χ1n) is 5.93. The first-order valence-corrected chi connectivity index (χ1v) is 6.31. The summed E-state index contributed by atoms with van der Waals surface area (Å²) in [5.41, 5.74) is 4.05. The van der Waals surface area contributed by atoms with Gasteiger partial charge in [-0.15, -0.1) is 10.2 Å². The lowest BCUT2D eigenvalue weighted by Crippen LogP contribution is -2.12. The lowest BCUT2D eigenvalue weighted by atomic mass is 10.2. The van der Waals surface area contributed by atoms with Gasteiger partial charge in [-0.2, -0.15) is 0 Å². The Morgan fingerprint density at radius 1 is 1.40 bits per heavy atom. The van der Waals surface area contributed by atoms with Gasteiger partial charge in [0.15, 0.2) is 11.5 Å². The summed E-state index contributed by atoms with van der Waals surface area (Å²) in [5.74, 6) is 1.10. The molecule has 1 aromatic heterocycles. The van der Waals surface area contributed by atoms with Gasteiger partial charge in [-0.1, -0.05) is 24.3 Å². The van der Waals surface area contributed by atoms with E-state index >= 15 is 0 Å². The van der Waals surface area contributed by atoms with E-state index < -0.39 is 0 Å². The molecule has 106 valence electrons. The van der Waals surface area contributed by atoms with Gasteiger partial charge in [-0.3, -0.25) is 0 Å². The number of hydrogen-bond donors (Lipinski definition) is 1. The van der Waals surface area contributed by atoms with E-state index in [-0.39, 0.29) is 0 Å². The summed E-state index contributed by atoms with van der Waals surface area (Å²) in [4.78, 5) is 0. The molecule has 2 rings (SSSR count). The predicted octanol–water partition coefficient (Wildman–Crippen LogP) is 2.25. The number of benzene rings is 1. The zero-order chi connectivity index (χ0) is 14.4. The van der Waals surface area contributed by atoms with Gasteiger partial charge in [0.05, 0.1) is 18.7 Å². The van der Waals surface area contributed by atoms with Crippen molar-refractivity contribution in [2.75, 3.05) is 19.1 Å². The van der Waals surface area contributed by atoms with Gasteiger partial charge in [0.1, 0.15) is 19.3 Å². The van der Waals surface area contributed by atoms with Crippen LogP contribution in [0, 0.1) is 0 Å². The van der Waals surface area contributed by atoms with Gasteiger partial charge >= 0.3 is 0 Å². The van der Waals surface area contributed by atoms with Crippen LogP contribution in [0.25, 0.3) is 0 Å². The molecule has 0 aliphatic heterocycles. The van der Waals surface area contributed by atoms with Gasteiger partial charge in [-0.25, -0.2) is 4.68 Å². The molecule has 0 radical (unpaired) electrons. The lowest BCUT2D eigenvalue weighted by molar-refractivity contribution is 0.326. The highest BCUT2D eigenvalue weighted by atomic mass is 35.5. The van der Waals surface area contributed by atoms with E-state index in [1.165, 1.54) is 0 Å². The van der Waals surface area contributed by atoms with Crippen LogP contribution in [-0.2, 0) is 6.54 Å². The minimum atomic E-state index is 0.369. The zero-order valence-electron chi connectivity index (χ0n) is 11.0. The normalized spacial score (nSPS) is 10.1. The van der Waals surface area contributed by atoms with Gasteiger partial charge in [0.2, 0.25) is 0 Å². The van der Waals surface area contributed by atoms with Crippen LogP contribution >= 0.6 is 11.6 Å². The van der Waals surface area contributed by atoms with E-state index in [4.69, 9.17) is 21.1 Å².